The van der Waals surface area contributed by atoms with E-state index in [1.54, 1.807) is 24.3 Å². The summed E-state index contributed by atoms with van der Waals surface area (Å²) in [5.74, 6) is 1.43. The number of nitrogens with one attached hydrogen (secondary N) is 2. The van der Waals surface area contributed by atoms with Crippen LogP contribution in [0.4, 0.5) is 17.1 Å². The highest BCUT2D eigenvalue weighted by molar-refractivity contribution is 7.92. The molecule has 7 heteroatoms. The summed E-state index contributed by atoms with van der Waals surface area (Å²) >= 11 is 0. The van der Waals surface area contributed by atoms with Gasteiger partial charge in [-0.3, -0.25) is 4.72 Å². The second-order valence-electron chi connectivity index (χ2n) is 4.64. The molecule has 2 aromatic carbocycles. The highest BCUT2D eigenvalue weighted by Crippen LogP contribution is 2.35. The lowest BCUT2D eigenvalue weighted by atomic mass is 10.2. The quantitative estimate of drug-likeness (QED) is 0.907. The van der Waals surface area contributed by atoms with E-state index in [-0.39, 0.29) is 6.79 Å². The highest BCUT2D eigenvalue weighted by atomic mass is 32.2. The van der Waals surface area contributed by atoms with Gasteiger partial charge in [-0.25, -0.2) is 8.42 Å². The van der Waals surface area contributed by atoms with Crippen LogP contribution in [0.2, 0.25) is 0 Å². The molecule has 21 heavy (non-hydrogen) atoms. The molecule has 0 aliphatic carbocycles. The minimum atomic E-state index is -3.26. The molecule has 0 bridgehead atoms. The molecule has 0 unspecified atom stereocenters. The van der Waals surface area contributed by atoms with Gasteiger partial charge in [-0.15, -0.1) is 0 Å². The summed E-state index contributed by atoms with van der Waals surface area (Å²) in [6.45, 7) is 0.241. The maximum Gasteiger partial charge on any atom is 0.231 e. The molecule has 6 nitrogen and oxygen atoms in total. The second kappa shape index (κ2) is 5.17. The molecular weight excluding hydrogens is 292 g/mol. The zero-order chi connectivity index (χ0) is 14.9. The van der Waals surface area contributed by atoms with Crippen molar-refractivity contribution in [2.24, 2.45) is 0 Å². The van der Waals surface area contributed by atoms with Gasteiger partial charge >= 0.3 is 0 Å². The van der Waals surface area contributed by atoms with Crippen LogP contribution in [0, 0.1) is 0 Å². The molecule has 0 saturated carbocycles. The minimum Gasteiger partial charge on any atom is -0.454 e. The van der Waals surface area contributed by atoms with Crippen molar-refractivity contribution in [3.05, 3.63) is 42.5 Å². The SMILES string of the molecule is CS(=O)(=O)Nc1ccc(Nc2ccc3c(c2)OCO3)cc1. The Kier molecular flexibility index (Phi) is 3.34. The van der Waals surface area contributed by atoms with Gasteiger partial charge in [0.15, 0.2) is 11.5 Å². The summed E-state index contributed by atoms with van der Waals surface area (Å²) in [6, 6.07) is 12.5. The van der Waals surface area contributed by atoms with Crippen LogP contribution in [0.5, 0.6) is 11.5 Å². The van der Waals surface area contributed by atoms with E-state index in [0.717, 1.165) is 23.4 Å². The van der Waals surface area contributed by atoms with Crippen molar-refractivity contribution in [3.63, 3.8) is 0 Å². The summed E-state index contributed by atoms with van der Waals surface area (Å²) in [5, 5.41) is 3.21. The molecule has 3 rings (SSSR count). The lowest BCUT2D eigenvalue weighted by molar-refractivity contribution is 0.174. The van der Waals surface area contributed by atoms with Crippen LogP contribution in [0.15, 0.2) is 42.5 Å². The van der Waals surface area contributed by atoms with Crippen LogP contribution in [0.25, 0.3) is 0 Å². The van der Waals surface area contributed by atoms with E-state index in [1.807, 2.05) is 18.2 Å². The van der Waals surface area contributed by atoms with E-state index < -0.39 is 10.0 Å². The topological polar surface area (TPSA) is 76.7 Å². The van der Waals surface area contributed by atoms with Crippen LogP contribution >= 0.6 is 0 Å². The van der Waals surface area contributed by atoms with Gasteiger partial charge in [0.25, 0.3) is 0 Å². The van der Waals surface area contributed by atoms with E-state index in [1.165, 1.54) is 0 Å². The summed E-state index contributed by atoms with van der Waals surface area (Å²) in [7, 11) is -3.26. The third-order valence-corrected chi connectivity index (χ3v) is 3.46. The molecule has 0 fully saturated rings. The second-order valence-corrected chi connectivity index (χ2v) is 6.39. The van der Waals surface area contributed by atoms with E-state index in [4.69, 9.17) is 9.47 Å². The van der Waals surface area contributed by atoms with Crippen molar-refractivity contribution < 1.29 is 17.9 Å². The summed E-state index contributed by atoms with van der Waals surface area (Å²) in [6.07, 6.45) is 1.12. The van der Waals surface area contributed by atoms with Gasteiger partial charge in [0.05, 0.1) is 6.26 Å². The van der Waals surface area contributed by atoms with Crippen LogP contribution in [-0.4, -0.2) is 21.5 Å². The number of ether oxygens (including phenoxy) is 2. The molecule has 2 N–H and O–H groups in total. The number of anilines is 3. The Labute approximate surface area is 122 Å². The Morgan fingerprint density at radius 2 is 1.52 bits per heavy atom. The first-order valence-electron chi connectivity index (χ1n) is 6.24. The molecule has 2 aromatic rings. The zero-order valence-electron chi connectivity index (χ0n) is 11.3. The van der Waals surface area contributed by atoms with Crippen molar-refractivity contribution in [1.29, 1.82) is 0 Å². The van der Waals surface area contributed by atoms with Crippen molar-refractivity contribution in [3.8, 4) is 11.5 Å². The van der Waals surface area contributed by atoms with E-state index in [9.17, 15) is 8.42 Å². The van der Waals surface area contributed by atoms with Crippen molar-refractivity contribution in [2.45, 2.75) is 0 Å². The van der Waals surface area contributed by atoms with Gasteiger partial charge < -0.3 is 14.8 Å². The molecule has 110 valence electrons. The number of fused-ring (bicyclic) bond motifs is 1. The maximum atomic E-state index is 11.1. The Bertz CT molecular complexity index is 757. The molecule has 0 aromatic heterocycles. The fraction of sp³-hybridized carbons (Fsp3) is 0.143. The van der Waals surface area contributed by atoms with Crippen LogP contribution in [0.1, 0.15) is 0 Å². The fourth-order valence-corrected chi connectivity index (χ4v) is 2.54. The Morgan fingerprint density at radius 1 is 0.905 bits per heavy atom. The van der Waals surface area contributed by atoms with Gasteiger partial charge in [-0.1, -0.05) is 0 Å². The van der Waals surface area contributed by atoms with Gasteiger partial charge in [0.1, 0.15) is 0 Å². The maximum absolute atomic E-state index is 11.1. The Balaban J connectivity index is 1.73. The third-order valence-electron chi connectivity index (χ3n) is 2.85. The normalized spacial score (nSPS) is 13.0. The van der Waals surface area contributed by atoms with Gasteiger partial charge in [0, 0.05) is 23.1 Å². The van der Waals surface area contributed by atoms with Crippen molar-refractivity contribution in [1.82, 2.24) is 0 Å². The molecular formula is C14H14N2O4S. The molecule has 1 aliphatic rings. The standard InChI is InChI=1S/C14H14N2O4S/c1-21(17,18)16-11-4-2-10(3-5-11)15-12-6-7-13-14(8-12)20-9-19-13/h2-8,15-16H,9H2,1H3. The monoisotopic (exact) mass is 306 g/mol. The number of sulfonamides is 1. The number of hydrogen-bond donors (Lipinski definition) is 2. The average Bonchev–Trinajstić information content (AvgIpc) is 2.87. The summed E-state index contributed by atoms with van der Waals surface area (Å²) in [4.78, 5) is 0. The Hall–Kier alpha value is -2.41. The smallest absolute Gasteiger partial charge is 0.231 e. The van der Waals surface area contributed by atoms with Gasteiger partial charge in [-0.05, 0) is 36.4 Å². The molecule has 0 amide bonds. The van der Waals surface area contributed by atoms with Crippen molar-refractivity contribution >= 4 is 27.1 Å². The Morgan fingerprint density at radius 3 is 2.24 bits per heavy atom. The lowest BCUT2D eigenvalue weighted by Crippen LogP contribution is -2.09. The minimum absolute atomic E-state index is 0.241. The van der Waals surface area contributed by atoms with E-state index in [2.05, 4.69) is 10.0 Å². The molecule has 0 saturated heterocycles. The summed E-state index contributed by atoms with van der Waals surface area (Å²) < 4.78 is 35.2. The average molecular weight is 306 g/mol. The van der Waals surface area contributed by atoms with Crippen LogP contribution in [-0.2, 0) is 10.0 Å². The molecule has 1 heterocycles. The largest absolute Gasteiger partial charge is 0.454 e. The highest BCUT2D eigenvalue weighted by Gasteiger charge is 2.13. The first-order chi connectivity index (χ1) is 9.99. The molecule has 0 radical (unpaired) electrons. The predicted octanol–water partition coefficient (Wildman–Crippen LogP) is 2.53. The number of hydrogen-bond acceptors (Lipinski definition) is 5. The fourth-order valence-electron chi connectivity index (χ4n) is 1.98. The molecule has 0 spiro atoms. The molecule has 0 atom stereocenters. The summed E-state index contributed by atoms with van der Waals surface area (Å²) in [5.41, 5.74) is 2.23. The van der Waals surface area contributed by atoms with Crippen molar-refractivity contribution in [2.75, 3.05) is 23.1 Å². The van der Waals surface area contributed by atoms with E-state index in [0.29, 0.717) is 11.4 Å². The first kappa shape index (κ1) is 13.6. The zero-order valence-corrected chi connectivity index (χ0v) is 12.1. The van der Waals surface area contributed by atoms with E-state index >= 15 is 0 Å². The molecule has 1 aliphatic heterocycles. The van der Waals surface area contributed by atoms with Crippen LogP contribution in [0.3, 0.4) is 0 Å². The van der Waals surface area contributed by atoms with Gasteiger partial charge in [0.2, 0.25) is 16.8 Å². The lowest BCUT2D eigenvalue weighted by Gasteiger charge is -2.09. The van der Waals surface area contributed by atoms with Gasteiger partial charge in [-0.2, -0.15) is 0 Å². The third kappa shape index (κ3) is 3.38. The first-order valence-corrected chi connectivity index (χ1v) is 8.13. The number of benzene rings is 2. The number of rotatable bonds is 4. The predicted molar refractivity (Wildman–Crippen MR) is 80.8 cm³/mol. The van der Waals surface area contributed by atoms with Crippen LogP contribution < -0.4 is 19.5 Å².